The Kier molecular flexibility index (Phi) is 2.62. The van der Waals surface area contributed by atoms with Crippen molar-refractivity contribution in [2.45, 2.75) is 19.3 Å². The number of nitrogens with one attached hydrogen (secondary N) is 1. The van der Waals surface area contributed by atoms with Crippen molar-refractivity contribution in [2.24, 2.45) is 22.7 Å². The van der Waals surface area contributed by atoms with Crippen LogP contribution in [0.15, 0.2) is 17.1 Å². The molecule has 1 saturated carbocycles. The summed E-state index contributed by atoms with van der Waals surface area (Å²) in [4.78, 5) is 6.66. The maximum Gasteiger partial charge on any atom is 0.193 e. The number of rotatable bonds is 3. The first-order chi connectivity index (χ1) is 7.83. The molecule has 1 heterocycles. The van der Waals surface area contributed by atoms with Gasteiger partial charge in [-0.1, -0.05) is 12.2 Å². The summed E-state index contributed by atoms with van der Waals surface area (Å²) < 4.78 is 0. The smallest absolute Gasteiger partial charge is 0.193 e. The fraction of sp³-hybridized carbons (Fsp3) is 0.769. The van der Waals surface area contributed by atoms with Crippen LogP contribution in [0.1, 0.15) is 19.3 Å². The molecule has 3 aliphatic rings. The lowest BCUT2D eigenvalue weighted by molar-refractivity contribution is 0.411. The lowest BCUT2D eigenvalue weighted by atomic mass is 9.91. The Morgan fingerprint density at radius 1 is 1.44 bits per heavy atom. The number of guanidine groups is 1. The second-order valence-electron chi connectivity index (χ2n) is 5.38. The maximum absolute atomic E-state index is 4.45. The molecule has 0 aromatic carbocycles. The largest absolute Gasteiger partial charge is 0.356 e. The topological polar surface area (TPSA) is 27.6 Å². The fourth-order valence-corrected chi connectivity index (χ4v) is 3.32. The highest BCUT2D eigenvalue weighted by Crippen LogP contribution is 2.44. The van der Waals surface area contributed by atoms with Crippen molar-refractivity contribution in [3.63, 3.8) is 0 Å². The third kappa shape index (κ3) is 1.83. The van der Waals surface area contributed by atoms with Gasteiger partial charge in [-0.25, -0.2) is 0 Å². The van der Waals surface area contributed by atoms with Crippen LogP contribution in [0.2, 0.25) is 0 Å². The third-order valence-electron chi connectivity index (χ3n) is 4.27. The van der Waals surface area contributed by atoms with E-state index in [2.05, 4.69) is 34.4 Å². The molecule has 1 unspecified atom stereocenters. The Morgan fingerprint density at radius 3 is 3.00 bits per heavy atom. The van der Waals surface area contributed by atoms with Crippen LogP contribution in [-0.4, -0.2) is 37.5 Å². The van der Waals surface area contributed by atoms with Crippen LogP contribution in [0.3, 0.4) is 0 Å². The lowest BCUT2D eigenvalue weighted by Gasteiger charge is -2.20. The van der Waals surface area contributed by atoms with Crippen LogP contribution in [0.5, 0.6) is 0 Å². The van der Waals surface area contributed by atoms with Gasteiger partial charge < -0.3 is 10.2 Å². The van der Waals surface area contributed by atoms with Gasteiger partial charge in [0, 0.05) is 20.1 Å². The van der Waals surface area contributed by atoms with Gasteiger partial charge in [-0.05, 0) is 37.0 Å². The van der Waals surface area contributed by atoms with E-state index in [0.717, 1.165) is 43.3 Å². The molecular weight excluding hydrogens is 198 g/mol. The quantitative estimate of drug-likeness (QED) is 0.728. The first kappa shape index (κ1) is 10.2. The Hall–Kier alpha value is -0.990. The van der Waals surface area contributed by atoms with E-state index in [1.165, 1.54) is 19.3 Å². The number of aliphatic imine (C=N–C) groups is 1. The molecule has 3 nitrogen and oxygen atoms in total. The lowest BCUT2D eigenvalue weighted by Crippen LogP contribution is -2.36. The molecule has 1 aliphatic heterocycles. The van der Waals surface area contributed by atoms with Crippen molar-refractivity contribution in [3.8, 4) is 0 Å². The highest BCUT2D eigenvalue weighted by molar-refractivity contribution is 5.81. The first-order valence-corrected chi connectivity index (χ1v) is 6.51. The van der Waals surface area contributed by atoms with E-state index in [1.54, 1.807) is 0 Å². The number of hydrogen-bond acceptors (Lipinski definition) is 3. The molecule has 0 aromatic rings. The minimum atomic E-state index is 0.884. The molecule has 0 radical (unpaired) electrons. The zero-order valence-electron chi connectivity index (χ0n) is 10.0. The summed E-state index contributed by atoms with van der Waals surface area (Å²) in [6.45, 7) is 3.11. The van der Waals surface area contributed by atoms with E-state index in [-0.39, 0.29) is 0 Å². The second kappa shape index (κ2) is 4.11. The van der Waals surface area contributed by atoms with Gasteiger partial charge >= 0.3 is 0 Å². The molecule has 0 saturated heterocycles. The molecule has 0 aromatic heterocycles. The van der Waals surface area contributed by atoms with Gasteiger partial charge in [-0.3, -0.25) is 4.99 Å². The van der Waals surface area contributed by atoms with Gasteiger partial charge in [0.1, 0.15) is 0 Å². The molecule has 1 fully saturated rings. The molecule has 2 aliphatic carbocycles. The average molecular weight is 219 g/mol. The number of fused-ring (bicyclic) bond motifs is 2. The summed E-state index contributed by atoms with van der Waals surface area (Å²) in [5, 5.41) is 3.47. The number of nitrogens with zero attached hydrogens (tertiary/aromatic N) is 2. The summed E-state index contributed by atoms with van der Waals surface area (Å²) in [7, 11) is 2.11. The van der Waals surface area contributed by atoms with Gasteiger partial charge in [-0.15, -0.1) is 0 Å². The predicted molar refractivity (Wildman–Crippen MR) is 66.4 cm³/mol. The normalized spacial score (nSPS) is 35.9. The molecule has 1 N–H and O–H groups in total. The minimum absolute atomic E-state index is 0.884. The summed E-state index contributed by atoms with van der Waals surface area (Å²) in [6, 6.07) is 0. The van der Waals surface area contributed by atoms with Crippen molar-refractivity contribution in [1.29, 1.82) is 0 Å². The summed E-state index contributed by atoms with van der Waals surface area (Å²) in [5.41, 5.74) is 0. The Morgan fingerprint density at radius 2 is 2.38 bits per heavy atom. The zero-order chi connectivity index (χ0) is 11.0. The van der Waals surface area contributed by atoms with Crippen LogP contribution in [0.4, 0.5) is 0 Å². The van der Waals surface area contributed by atoms with Gasteiger partial charge in [0.25, 0.3) is 0 Å². The molecule has 0 amide bonds. The van der Waals surface area contributed by atoms with Crippen LogP contribution in [-0.2, 0) is 0 Å². The molecule has 2 bridgehead atoms. The summed E-state index contributed by atoms with van der Waals surface area (Å²) >= 11 is 0. The van der Waals surface area contributed by atoms with E-state index in [0.29, 0.717) is 0 Å². The Balaban J connectivity index is 1.42. The molecular formula is C13H21N3. The molecule has 16 heavy (non-hydrogen) atoms. The van der Waals surface area contributed by atoms with Crippen molar-refractivity contribution in [3.05, 3.63) is 12.2 Å². The minimum Gasteiger partial charge on any atom is -0.356 e. The Bertz CT molecular complexity index is 321. The number of likely N-dealkylation sites (N-methyl/N-ethyl adjacent to an activating group) is 1. The summed E-state index contributed by atoms with van der Waals surface area (Å²) in [5.74, 6) is 3.81. The summed E-state index contributed by atoms with van der Waals surface area (Å²) in [6.07, 6.45) is 9.01. The molecule has 88 valence electrons. The van der Waals surface area contributed by atoms with E-state index in [4.69, 9.17) is 0 Å². The van der Waals surface area contributed by atoms with Crippen molar-refractivity contribution in [2.75, 3.05) is 26.7 Å². The van der Waals surface area contributed by atoms with Gasteiger partial charge in [-0.2, -0.15) is 0 Å². The van der Waals surface area contributed by atoms with Crippen LogP contribution in [0, 0.1) is 17.8 Å². The van der Waals surface area contributed by atoms with Gasteiger partial charge in [0.05, 0.1) is 6.54 Å². The first-order valence-electron chi connectivity index (χ1n) is 6.51. The SMILES string of the molecule is CN1CCN=C1NCCC1C[C@@H]2C=C[C@H]1C2. The zero-order valence-corrected chi connectivity index (χ0v) is 10.0. The van der Waals surface area contributed by atoms with Crippen LogP contribution >= 0.6 is 0 Å². The molecule has 0 spiro atoms. The highest BCUT2D eigenvalue weighted by atomic mass is 15.3. The van der Waals surface area contributed by atoms with E-state index in [1.807, 2.05) is 0 Å². The molecule has 3 atom stereocenters. The third-order valence-corrected chi connectivity index (χ3v) is 4.27. The van der Waals surface area contributed by atoms with E-state index in [9.17, 15) is 0 Å². The van der Waals surface area contributed by atoms with Crippen molar-refractivity contribution in [1.82, 2.24) is 10.2 Å². The molecule has 3 rings (SSSR count). The van der Waals surface area contributed by atoms with Crippen LogP contribution in [0.25, 0.3) is 0 Å². The average Bonchev–Trinajstić information content (AvgIpc) is 2.96. The van der Waals surface area contributed by atoms with E-state index >= 15 is 0 Å². The van der Waals surface area contributed by atoms with E-state index < -0.39 is 0 Å². The second-order valence-corrected chi connectivity index (χ2v) is 5.38. The van der Waals surface area contributed by atoms with Crippen molar-refractivity contribution >= 4 is 5.96 Å². The Labute approximate surface area is 97.6 Å². The maximum atomic E-state index is 4.45. The van der Waals surface area contributed by atoms with Crippen LogP contribution < -0.4 is 5.32 Å². The standard InChI is InChI=1S/C13H21N3/c1-16-7-6-15-13(16)14-5-4-12-9-10-2-3-11(12)8-10/h2-3,10-12H,4-9H2,1H3,(H,14,15)/t10-,11+,12?/m1/s1. The number of hydrogen-bond donors (Lipinski definition) is 1. The highest BCUT2D eigenvalue weighted by Gasteiger charge is 2.34. The predicted octanol–water partition coefficient (Wildman–Crippen LogP) is 1.48. The van der Waals surface area contributed by atoms with Crippen molar-refractivity contribution < 1.29 is 0 Å². The number of allylic oxidation sites excluding steroid dienone is 2. The molecule has 3 heteroatoms. The fourth-order valence-electron chi connectivity index (χ4n) is 3.32. The van der Waals surface area contributed by atoms with Gasteiger partial charge in [0.2, 0.25) is 0 Å². The van der Waals surface area contributed by atoms with Gasteiger partial charge in [0.15, 0.2) is 5.96 Å². The monoisotopic (exact) mass is 219 g/mol.